The fourth-order valence-corrected chi connectivity index (χ4v) is 5.42. The molecule has 0 radical (unpaired) electrons. The summed E-state index contributed by atoms with van der Waals surface area (Å²) < 4.78 is 38.7. The van der Waals surface area contributed by atoms with Gasteiger partial charge in [-0.25, -0.2) is 13.3 Å². The number of methoxy groups -OCH3 is 2. The second-order valence-electron chi connectivity index (χ2n) is 7.70. The molecule has 0 N–H and O–H groups in total. The monoisotopic (exact) mass is 480 g/mol. The Bertz CT molecular complexity index is 1280. The molecule has 1 unspecified atom stereocenters. The summed E-state index contributed by atoms with van der Waals surface area (Å²) in [5.74, 6) is 0.0184. The molecular weight excluding hydrogens is 456 g/mol. The molecule has 2 amide bonds. The van der Waals surface area contributed by atoms with E-state index in [1.165, 1.54) is 26.4 Å². The van der Waals surface area contributed by atoms with Crippen LogP contribution < -0.4 is 14.4 Å². The molecule has 3 aromatic carbocycles. The minimum Gasteiger partial charge on any atom is -0.497 e. The first-order valence-electron chi connectivity index (χ1n) is 10.6. The van der Waals surface area contributed by atoms with Crippen LogP contribution in [-0.4, -0.2) is 44.8 Å². The summed E-state index contributed by atoms with van der Waals surface area (Å²) in [6.07, 6.45) is -0.257. The van der Waals surface area contributed by atoms with Crippen LogP contribution >= 0.6 is 0 Å². The third kappa shape index (κ3) is 4.52. The van der Waals surface area contributed by atoms with E-state index >= 15 is 0 Å². The van der Waals surface area contributed by atoms with E-state index in [2.05, 4.69) is 0 Å². The number of nitrogens with zero attached hydrogens (tertiary/aromatic N) is 2. The molecule has 176 valence electrons. The molecule has 0 aromatic heterocycles. The number of imide groups is 1. The lowest BCUT2D eigenvalue weighted by Crippen LogP contribution is -2.45. The van der Waals surface area contributed by atoms with Gasteiger partial charge in [0, 0.05) is 6.54 Å². The number of amides is 2. The minimum atomic E-state index is -4.12. The number of hydrogen-bond donors (Lipinski definition) is 0. The lowest BCUT2D eigenvalue weighted by molar-refractivity contribution is -0.122. The molecule has 0 bridgehead atoms. The van der Waals surface area contributed by atoms with Gasteiger partial charge in [-0.1, -0.05) is 30.3 Å². The molecule has 4 rings (SSSR count). The maximum Gasteiger partial charge on any atom is 0.252 e. The van der Waals surface area contributed by atoms with E-state index in [0.717, 1.165) is 9.21 Å². The Kier molecular flexibility index (Phi) is 6.67. The van der Waals surface area contributed by atoms with E-state index in [-0.39, 0.29) is 17.9 Å². The van der Waals surface area contributed by atoms with Crippen LogP contribution in [0.1, 0.15) is 12.0 Å². The third-order valence-corrected chi connectivity index (χ3v) is 7.52. The summed E-state index contributed by atoms with van der Waals surface area (Å²) in [6.45, 7) is -0.0602. The number of benzene rings is 3. The molecule has 1 atom stereocenters. The van der Waals surface area contributed by atoms with Crippen LogP contribution in [0.25, 0.3) is 0 Å². The second kappa shape index (κ2) is 9.66. The second-order valence-corrected chi connectivity index (χ2v) is 9.59. The summed E-state index contributed by atoms with van der Waals surface area (Å²) in [5, 5.41) is 0. The van der Waals surface area contributed by atoms with Crippen molar-refractivity contribution in [3.63, 3.8) is 0 Å². The van der Waals surface area contributed by atoms with Crippen molar-refractivity contribution < 1.29 is 27.5 Å². The number of anilines is 1. The fourth-order valence-electron chi connectivity index (χ4n) is 3.85. The van der Waals surface area contributed by atoms with Gasteiger partial charge in [0.25, 0.3) is 5.91 Å². The van der Waals surface area contributed by atoms with Gasteiger partial charge in [0.1, 0.15) is 17.5 Å². The van der Waals surface area contributed by atoms with Gasteiger partial charge < -0.3 is 9.47 Å². The Morgan fingerprint density at radius 1 is 0.853 bits per heavy atom. The average molecular weight is 481 g/mol. The molecule has 0 saturated carbocycles. The largest absolute Gasteiger partial charge is 0.497 e. The quantitative estimate of drug-likeness (QED) is 0.460. The maximum atomic E-state index is 13.7. The molecule has 0 spiro atoms. The number of carbonyl (C=O) groups excluding carboxylic acids is 2. The van der Waals surface area contributed by atoms with Crippen LogP contribution in [0.2, 0.25) is 0 Å². The Hall–Kier alpha value is -3.69. The highest BCUT2D eigenvalue weighted by molar-refractivity contribution is 7.89. The number of carbonyl (C=O) groups is 2. The fraction of sp³-hybridized carbons (Fsp3) is 0.200. The van der Waals surface area contributed by atoms with E-state index in [4.69, 9.17) is 9.47 Å². The van der Waals surface area contributed by atoms with Crippen LogP contribution in [0.5, 0.6) is 11.5 Å². The van der Waals surface area contributed by atoms with Crippen molar-refractivity contribution in [3.05, 3.63) is 84.4 Å². The van der Waals surface area contributed by atoms with E-state index in [9.17, 15) is 18.0 Å². The number of ether oxygens (including phenoxy) is 2. The van der Waals surface area contributed by atoms with Gasteiger partial charge in [0.2, 0.25) is 15.9 Å². The van der Waals surface area contributed by atoms with Crippen LogP contribution in [0, 0.1) is 0 Å². The summed E-state index contributed by atoms with van der Waals surface area (Å²) >= 11 is 0. The smallest absolute Gasteiger partial charge is 0.252 e. The zero-order valence-corrected chi connectivity index (χ0v) is 19.6. The summed E-state index contributed by atoms with van der Waals surface area (Å²) in [4.78, 5) is 27.4. The van der Waals surface area contributed by atoms with E-state index < -0.39 is 27.9 Å². The SMILES string of the molecule is COc1ccc(N2C(=O)CC(N(Cc3ccccc3)S(=O)(=O)c3ccc(OC)cc3)C2=O)cc1. The normalized spacial score (nSPS) is 16.2. The molecule has 0 aliphatic carbocycles. The Morgan fingerprint density at radius 3 is 1.97 bits per heavy atom. The van der Waals surface area contributed by atoms with Crippen LogP contribution in [0.15, 0.2) is 83.8 Å². The third-order valence-electron chi connectivity index (χ3n) is 5.65. The molecule has 1 fully saturated rings. The molecule has 9 heteroatoms. The summed E-state index contributed by atoms with van der Waals surface area (Å²) in [7, 11) is -1.12. The minimum absolute atomic E-state index is 0.00683. The molecular formula is C25H24N2O6S. The average Bonchev–Trinajstić information content (AvgIpc) is 3.16. The molecule has 1 aliphatic heterocycles. The molecule has 1 aliphatic rings. The van der Waals surface area contributed by atoms with Gasteiger partial charge in [0.05, 0.1) is 31.2 Å². The first-order valence-corrected chi connectivity index (χ1v) is 12.0. The predicted molar refractivity (Wildman–Crippen MR) is 126 cm³/mol. The number of hydrogen-bond acceptors (Lipinski definition) is 6. The lowest BCUT2D eigenvalue weighted by Gasteiger charge is -2.27. The zero-order chi connectivity index (χ0) is 24.3. The highest BCUT2D eigenvalue weighted by Crippen LogP contribution is 2.31. The van der Waals surface area contributed by atoms with Gasteiger partial charge in [-0.05, 0) is 54.1 Å². The van der Waals surface area contributed by atoms with Gasteiger partial charge in [-0.3, -0.25) is 9.59 Å². The predicted octanol–water partition coefficient (Wildman–Crippen LogP) is 3.23. The van der Waals surface area contributed by atoms with Gasteiger partial charge >= 0.3 is 0 Å². The Balaban J connectivity index is 1.72. The van der Waals surface area contributed by atoms with Crippen molar-refractivity contribution in [2.24, 2.45) is 0 Å². The topological polar surface area (TPSA) is 93.2 Å². The lowest BCUT2D eigenvalue weighted by atomic mass is 10.2. The van der Waals surface area contributed by atoms with Crippen LogP contribution in [0.3, 0.4) is 0 Å². The summed E-state index contributed by atoms with van der Waals surface area (Å²) in [6, 6.07) is 20.2. The van der Waals surface area contributed by atoms with Crippen molar-refractivity contribution in [3.8, 4) is 11.5 Å². The first kappa shape index (κ1) is 23.5. The summed E-state index contributed by atoms with van der Waals surface area (Å²) in [5.41, 5.74) is 1.06. The zero-order valence-electron chi connectivity index (χ0n) is 18.7. The van der Waals surface area contributed by atoms with Crippen LogP contribution in [0.4, 0.5) is 5.69 Å². The molecule has 34 heavy (non-hydrogen) atoms. The van der Waals surface area contributed by atoms with Gasteiger partial charge in [0.15, 0.2) is 0 Å². The molecule has 1 heterocycles. The van der Waals surface area contributed by atoms with Gasteiger partial charge in [-0.15, -0.1) is 0 Å². The van der Waals surface area contributed by atoms with Crippen LogP contribution in [-0.2, 0) is 26.2 Å². The van der Waals surface area contributed by atoms with Crippen molar-refractivity contribution in [1.29, 1.82) is 0 Å². The van der Waals surface area contributed by atoms with E-state index in [1.807, 2.05) is 6.07 Å². The highest BCUT2D eigenvalue weighted by Gasteiger charge is 2.47. The van der Waals surface area contributed by atoms with E-state index in [1.54, 1.807) is 60.7 Å². The van der Waals surface area contributed by atoms with Crippen molar-refractivity contribution in [2.45, 2.75) is 23.9 Å². The number of rotatable bonds is 8. The Labute approximate surface area is 198 Å². The Morgan fingerprint density at radius 2 is 1.41 bits per heavy atom. The number of sulfonamides is 1. The maximum absolute atomic E-state index is 13.7. The van der Waals surface area contributed by atoms with Gasteiger partial charge in [-0.2, -0.15) is 4.31 Å². The van der Waals surface area contributed by atoms with Crippen molar-refractivity contribution >= 4 is 27.5 Å². The van der Waals surface area contributed by atoms with Crippen molar-refractivity contribution in [2.75, 3.05) is 19.1 Å². The highest BCUT2D eigenvalue weighted by atomic mass is 32.2. The molecule has 1 saturated heterocycles. The molecule has 8 nitrogen and oxygen atoms in total. The molecule has 3 aromatic rings. The first-order chi connectivity index (χ1) is 16.3. The van der Waals surface area contributed by atoms with E-state index in [0.29, 0.717) is 22.7 Å². The van der Waals surface area contributed by atoms with Crippen molar-refractivity contribution in [1.82, 2.24) is 4.31 Å². The standard InChI is InChI=1S/C25H24N2O6S/c1-32-20-10-8-19(9-11-20)27-24(28)16-23(25(27)29)26(17-18-6-4-3-5-7-18)34(30,31)22-14-12-21(33-2)13-15-22/h3-15,23H,16-17H2,1-2H3.